The Morgan fingerprint density at radius 1 is 0.872 bits per heavy atom. The molecule has 3 amide bonds. The molecule has 9 heteroatoms. The van der Waals surface area contributed by atoms with E-state index in [2.05, 4.69) is 0 Å². The van der Waals surface area contributed by atoms with Crippen molar-refractivity contribution >= 4 is 35.2 Å². The molecule has 7 rings (SSSR count). The first-order valence-corrected chi connectivity index (χ1v) is 17.2. The van der Waals surface area contributed by atoms with Crippen molar-refractivity contribution in [3.05, 3.63) is 120 Å². The summed E-state index contributed by atoms with van der Waals surface area (Å²) in [6.07, 6.45) is 8.45. The summed E-state index contributed by atoms with van der Waals surface area (Å²) in [5.41, 5.74) is 2.69. The number of aliphatic hydroxyl groups excluding tert-OH is 1. The van der Waals surface area contributed by atoms with Gasteiger partial charge in [0.2, 0.25) is 17.7 Å². The number of likely N-dealkylation sites (tertiary alicyclic amines) is 1. The van der Waals surface area contributed by atoms with Gasteiger partial charge in [0.25, 0.3) is 0 Å². The number of ether oxygens (including phenoxy) is 1. The molecule has 3 aromatic carbocycles. The molecule has 0 bridgehead atoms. The van der Waals surface area contributed by atoms with E-state index in [-0.39, 0.29) is 29.6 Å². The Labute approximate surface area is 279 Å². The van der Waals surface area contributed by atoms with E-state index >= 15 is 0 Å². The van der Waals surface area contributed by atoms with Crippen LogP contribution in [-0.4, -0.2) is 81.0 Å². The Hall–Kier alpha value is -4.34. The number of rotatable bonds is 9. The van der Waals surface area contributed by atoms with E-state index in [9.17, 15) is 19.5 Å². The van der Waals surface area contributed by atoms with Gasteiger partial charge in [-0.1, -0.05) is 85.0 Å². The zero-order chi connectivity index (χ0) is 32.5. The fourth-order valence-corrected chi connectivity index (χ4v) is 9.71. The third kappa shape index (κ3) is 5.55. The summed E-state index contributed by atoms with van der Waals surface area (Å²) in [5, 5.41) is 10.5. The van der Waals surface area contributed by atoms with Gasteiger partial charge in [0.15, 0.2) is 0 Å². The molecule has 0 saturated carbocycles. The molecule has 0 aliphatic carbocycles. The average molecular weight is 650 g/mol. The van der Waals surface area contributed by atoms with Gasteiger partial charge in [-0.25, -0.2) is 0 Å². The van der Waals surface area contributed by atoms with Crippen LogP contribution in [0.1, 0.15) is 18.1 Å². The number of aliphatic hydroxyl groups is 1. The molecule has 4 aliphatic heterocycles. The van der Waals surface area contributed by atoms with Gasteiger partial charge in [0.1, 0.15) is 11.8 Å². The molecule has 6 atom stereocenters. The summed E-state index contributed by atoms with van der Waals surface area (Å²) >= 11 is 1.55. The van der Waals surface area contributed by atoms with Crippen molar-refractivity contribution in [3.63, 3.8) is 0 Å². The van der Waals surface area contributed by atoms with Crippen molar-refractivity contribution in [2.75, 3.05) is 31.2 Å². The second-order valence-corrected chi connectivity index (χ2v) is 14.0. The minimum atomic E-state index is -0.971. The van der Waals surface area contributed by atoms with Crippen LogP contribution in [-0.2, 0) is 27.3 Å². The number of hydrogen-bond donors (Lipinski definition) is 1. The van der Waals surface area contributed by atoms with E-state index in [0.29, 0.717) is 32.7 Å². The van der Waals surface area contributed by atoms with Crippen molar-refractivity contribution in [1.29, 1.82) is 0 Å². The zero-order valence-electron chi connectivity index (χ0n) is 26.4. The molecule has 4 heterocycles. The van der Waals surface area contributed by atoms with Crippen LogP contribution >= 0.6 is 11.8 Å². The predicted octanol–water partition coefficient (Wildman–Crippen LogP) is 4.49. The fourth-order valence-electron chi connectivity index (χ4n) is 7.72. The van der Waals surface area contributed by atoms with E-state index in [1.54, 1.807) is 26.5 Å². The maximum Gasteiger partial charge on any atom is 0.247 e. The minimum absolute atomic E-state index is 0.137. The molecule has 0 radical (unpaired) electrons. The van der Waals surface area contributed by atoms with Crippen LogP contribution in [0.4, 0.5) is 5.69 Å². The molecule has 2 saturated heterocycles. The molecule has 8 nitrogen and oxygen atoms in total. The van der Waals surface area contributed by atoms with Crippen LogP contribution in [0.15, 0.2) is 109 Å². The maximum absolute atomic E-state index is 14.9. The van der Waals surface area contributed by atoms with Crippen molar-refractivity contribution in [2.45, 2.75) is 42.0 Å². The van der Waals surface area contributed by atoms with E-state index in [4.69, 9.17) is 4.74 Å². The summed E-state index contributed by atoms with van der Waals surface area (Å²) in [7, 11) is 0. The summed E-state index contributed by atoms with van der Waals surface area (Å²) in [6, 6.07) is 25.5. The number of benzene rings is 3. The molecule has 47 heavy (non-hydrogen) atoms. The normalized spacial score (nSPS) is 27.3. The van der Waals surface area contributed by atoms with Crippen molar-refractivity contribution < 1.29 is 24.2 Å². The molecule has 242 valence electrons. The Kier molecular flexibility index (Phi) is 8.68. The number of nitrogens with zero attached hydrogens (tertiary/aromatic N) is 3. The van der Waals surface area contributed by atoms with Crippen LogP contribution in [0.2, 0.25) is 0 Å². The highest BCUT2D eigenvalue weighted by Crippen LogP contribution is 2.61. The molecule has 4 aliphatic rings. The number of carbonyl (C=O) groups is 3. The van der Waals surface area contributed by atoms with Gasteiger partial charge < -0.3 is 24.5 Å². The topological polar surface area (TPSA) is 90.4 Å². The standard InChI is InChI=1S/C38H39N3O5S/c1-2-46-30-18-16-28(17-19-30)40-22-9-15-31-32(35(40)43)33-36(44)41(29(25-42)23-26-11-5-3-6-12-26)34-37(45)39(21-10-20-38(33,34)47-31)24-27-13-7-4-8-14-27/h3-20,29,31-34,42H,2,21-25H2,1H3/t29-,31+,32-,33+,34?,38+/m1/s1. The lowest BCUT2D eigenvalue weighted by atomic mass is 9.78. The van der Waals surface area contributed by atoms with Crippen LogP contribution < -0.4 is 9.64 Å². The highest BCUT2D eigenvalue weighted by atomic mass is 32.2. The first kappa shape index (κ1) is 31.3. The van der Waals surface area contributed by atoms with Gasteiger partial charge in [-0.05, 0) is 48.7 Å². The summed E-state index contributed by atoms with van der Waals surface area (Å²) < 4.78 is 4.65. The van der Waals surface area contributed by atoms with Gasteiger partial charge in [-0.2, -0.15) is 0 Å². The number of fused-ring (bicyclic) bond motifs is 2. The lowest BCUT2D eigenvalue weighted by molar-refractivity contribution is -0.145. The highest BCUT2D eigenvalue weighted by molar-refractivity contribution is 8.02. The van der Waals surface area contributed by atoms with E-state index < -0.39 is 28.7 Å². The third-order valence-electron chi connectivity index (χ3n) is 9.77. The van der Waals surface area contributed by atoms with Crippen LogP contribution in [0.25, 0.3) is 0 Å². The Balaban J connectivity index is 1.29. The van der Waals surface area contributed by atoms with Gasteiger partial charge in [0.05, 0.1) is 35.8 Å². The van der Waals surface area contributed by atoms with Gasteiger partial charge >= 0.3 is 0 Å². The van der Waals surface area contributed by atoms with Crippen molar-refractivity contribution in [2.24, 2.45) is 11.8 Å². The van der Waals surface area contributed by atoms with Crippen molar-refractivity contribution in [3.8, 4) is 5.75 Å². The largest absolute Gasteiger partial charge is 0.494 e. The van der Waals surface area contributed by atoms with E-state index in [1.165, 1.54) is 0 Å². The van der Waals surface area contributed by atoms with Crippen LogP contribution in [0.3, 0.4) is 0 Å². The number of anilines is 1. The molecular formula is C38H39N3O5S. The van der Waals surface area contributed by atoms with Gasteiger partial charge in [-0.3, -0.25) is 14.4 Å². The fraction of sp³-hybridized carbons (Fsp3) is 0.342. The lowest BCUT2D eigenvalue weighted by Crippen LogP contribution is -2.56. The highest BCUT2D eigenvalue weighted by Gasteiger charge is 2.71. The molecule has 2 fully saturated rings. The quantitative estimate of drug-likeness (QED) is 0.344. The van der Waals surface area contributed by atoms with Gasteiger partial charge in [0, 0.05) is 30.6 Å². The number of thioether (sulfide) groups is 1. The monoisotopic (exact) mass is 649 g/mol. The Morgan fingerprint density at radius 2 is 1.57 bits per heavy atom. The summed E-state index contributed by atoms with van der Waals surface area (Å²) in [4.78, 5) is 49.5. The lowest BCUT2D eigenvalue weighted by Gasteiger charge is -2.38. The third-order valence-corrected chi connectivity index (χ3v) is 11.5. The minimum Gasteiger partial charge on any atom is -0.494 e. The first-order chi connectivity index (χ1) is 22.9. The zero-order valence-corrected chi connectivity index (χ0v) is 27.2. The number of carbonyl (C=O) groups excluding carboxylic acids is 3. The second kappa shape index (κ2) is 13.0. The molecule has 0 aromatic heterocycles. The Bertz CT molecular complexity index is 1680. The average Bonchev–Trinajstić information content (AvgIpc) is 3.42. The van der Waals surface area contributed by atoms with E-state index in [0.717, 1.165) is 22.6 Å². The van der Waals surface area contributed by atoms with E-state index in [1.807, 2.05) is 116 Å². The molecule has 1 unspecified atom stereocenters. The van der Waals surface area contributed by atoms with Crippen LogP contribution in [0, 0.1) is 11.8 Å². The maximum atomic E-state index is 14.9. The van der Waals surface area contributed by atoms with Crippen molar-refractivity contribution in [1.82, 2.24) is 9.80 Å². The van der Waals surface area contributed by atoms with Crippen LogP contribution in [0.5, 0.6) is 5.75 Å². The SMILES string of the molecule is CCOc1ccc(N2CC=C[C@@H]3S[C@]45C=CCN(Cc6ccccc6)C(=O)C4N([C@@H](CO)Cc4ccccc4)C(=O)[C@@H]5[C@@H]3C2=O)cc1. The number of amides is 3. The summed E-state index contributed by atoms with van der Waals surface area (Å²) in [5.74, 6) is -1.28. The first-order valence-electron chi connectivity index (χ1n) is 16.3. The predicted molar refractivity (Wildman–Crippen MR) is 183 cm³/mol. The second-order valence-electron chi connectivity index (χ2n) is 12.5. The Morgan fingerprint density at radius 3 is 2.26 bits per heavy atom. The van der Waals surface area contributed by atoms with Gasteiger partial charge in [-0.15, -0.1) is 11.8 Å². The smallest absolute Gasteiger partial charge is 0.247 e. The summed E-state index contributed by atoms with van der Waals surface area (Å²) in [6.45, 7) is 3.34. The molecular weight excluding hydrogens is 611 g/mol. The molecule has 3 aromatic rings. The number of hydrogen-bond acceptors (Lipinski definition) is 6. The molecule has 1 N–H and O–H groups in total. The molecule has 1 spiro atoms.